The summed E-state index contributed by atoms with van der Waals surface area (Å²) in [6.45, 7) is 0.911. The van der Waals surface area contributed by atoms with Crippen molar-refractivity contribution in [2.24, 2.45) is 0 Å². The van der Waals surface area contributed by atoms with Crippen molar-refractivity contribution in [3.63, 3.8) is 0 Å². The van der Waals surface area contributed by atoms with E-state index in [2.05, 4.69) is 34.4 Å². The van der Waals surface area contributed by atoms with Gasteiger partial charge in [-0.05, 0) is 37.6 Å². The molecule has 18 heavy (non-hydrogen) atoms. The first-order valence-electron chi connectivity index (χ1n) is 7.13. The van der Waals surface area contributed by atoms with Crippen molar-refractivity contribution in [2.75, 3.05) is 19.0 Å². The number of anilines is 1. The van der Waals surface area contributed by atoms with Crippen LogP contribution >= 0.6 is 0 Å². The molecule has 0 aliphatic heterocycles. The van der Waals surface area contributed by atoms with Gasteiger partial charge in [-0.1, -0.05) is 25.7 Å². The summed E-state index contributed by atoms with van der Waals surface area (Å²) in [5, 5.41) is 3.19. The smallest absolute Gasteiger partial charge is 0.128 e. The van der Waals surface area contributed by atoms with Gasteiger partial charge >= 0.3 is 0 Å². The van der Waals surface area contributed by atoms with E-state index < -0.39 is 0 Å². The fraction of sp³-hybridized carbons (Fsp3) is 0.667. The molecule has 1 heterocycles. The standard InChI is InChI=1S/C15H25N3/c1-16-12-13-9-10-17-15(11-13)18(2)14-7-5-3-4-6-8-14/h9-11,14,16H,3-8,12H2,1-2H3. The van der Waals surface area contributed by atoms with Crippen LogP contribution in [0.25, 0.3) is 0 Å². The highest BCUT2D eigenvalue weighted by Gasteiger charge is 2.18. The maximum atomic E-state index is 4.53. The Bertz CT molecular complexity index is 357. The van der Waals surface area contributed by atoms with E-state index in [-0.39, 0.29) is 0 Å². The lowest BCUT2D eigenvalue weighted by Gasteiger charge is -2.28. The molecule has 0 unspecified atom stereocenters. The van der Waals surface area contributed by atoms with Crippen molar-refractivity contribution >= 4 is 5.82 Å². The van der Waals surface area contributed by atoms with Crippen LogP contribution in [0.3, 0.4) is 0 Å². The molecule has 1 saturated carbocycles. The second-order valence-corrected chi connectivity index (χ2v) is 5.31. The molecule has 0 saturated heterocycles. The minimum atomic E-state index is 0.671. The number of hydrogen-bond acceptors (Lipinski definition) is 3. The average Bonchev–Trinajstić information content (AvgIpc) is 2.67. The van der Waals surface area contributed by atoms with Crippen LogP contribution in [0, 0.1) is 0 Å². The first-order chi connectivity index (χ1) is 8.81. The first-order valence-corrected chi connectivity index (χ1v) is 7.13. The summed E-state index contributed by atoms with van der Waals surface area (Å²) in [7, 11) is 4.18. The molecular formula is C15H25N3. The zero-order valence-corrected chi connectivity index (χ0v) is 11.7. The van der Waals surface area contributed by atoms with Gasteiger partial charge in [-0.15, -0.1) is 0 Å². The lowest BCUT2D eigenvalue weighted by molar-refractivity contribution is 0.549. The van der Waals surface area contributed by atoms with E-state index in [0.29, 0.717) is 6.04 Å². The highest BCUT2D eigenvalue weighted by atomic mass is 15.2. The van der Waals surface area contributed by atoms with Gasteiger partial charge in [-0.25, -0.2) is 4.98 Å². The molecule has 0 radical (unpaired) electrons. The highest BCUT2D eigenvalue weighted by Crippen LogP contribution is 2.24. The van der Waals surface area contributed by atoms with E-state index in [9.17, 15) is 0 Å². The Labute approximate surface area is 111 Å². The van der Waals surface area contributed by atoms with Crippen molar-refractivity contribution in [3.05, 3.63) is 23.9 Å². The molecule has 3 nitrogen and oxygen atoms in total. The molecular weight excluding hydrogens is 222 g/mol. The monoisotopic (exact) mass is 247 g/mol. The van der Waals surface area contributed by atoms with E-state index in [1.54, 1.807) is 0 Å². The van der Waals surface area contributed by atoms with Crippen molar-refractivity contribution in [2.45, 2.75) is 51.1 Å². The summed E-state index contributed by atoms with van der Waals surface area (Å²) in [6.07, 6.45) is 10.1. The Kier molecular flexibility index (Phi) is 5.00. The zero-order chi connectivity index (χ0) is 12.8. The highest BCUT2D eigenvalue weighted by molar-refractivity contribution is 5.41. The molecule has 1 aliphatic carbocycles. The lowest BCUT2D eigenvalue weighted by Crippen LogP contribution is -2.31. The summed E-state index contributed by atoms with van der Waals surface area (Å²) >= 11 is 0. The third-order valence-corrected chi connectivity index (χ3v) is 3.92. The second-order valence-electron chi connectivity index (χ2n) is 5.31. The minimum Gasteiger partial charge on any atom is -0.357 e. The van der Waals surface area contributed by atoms with Crippen molar-refractivity contribution in [3.8, 4) is 0 Å². The topological polar surface area (TPSA) is 28.2 Å². The maximum Gasteiger partial charge on any atom is 0.128 e. The minimum absolute atomic E-state index is 0.671. The fourth-order valence-corrected chi connectivity index (χ4v) is 2.80. The molecule has 0 atom stereocenters. The van der Waals surface area contributed by atoms with Crippen molar-refractivity contribution < 1.29 is 0 Å². The number of hydrogen-bond donors (Lipinski definition) is 1. The van der Waals surface area contributed by atoms with Gasteiger partial charge in [0.1, 0.15) is 5.82 Å². The van der Waals surface area contributed by atoms with Crippen molar-refractivity contribution in [1.82, 2.24) is 10.3 Å². The third-order valence-electron chi connectivity index (χ3n) is 3.92. The summed E-state index contributed by atoms with van der Waals surface area (Å²) in [4.78, 5) is 6.90. The zero-order valence-electron chi connectivity index (χ0n) is 11.7. The lowest BCUT2D eigenvalue weighted by atomic mass is 10.1. The molecule has 0 spiro atoms. The van der Waals surface area contributed by atoms with Gasteiger partial charge in [-0.2, -0.15) is 0 Å². The van der Waals surface area contributed by atoms with E-state index in [1.165, 1.54) is 44.1 Å². The number of aromatic nitrogens is 1. The summed E-state index contributed by atoms with van der Waals surface area (Å²) in [6, 6.07) is 4.97. The Hall–Kier alpha value is -1.09. The fourth-order valence-electron chi connectivity index (χ4n) is 2.80. The molecule has 1 aliphatic rings. The molecule has 1 fully saturated rings. The molecule has 0 amide bonds. The van der Waals surface area contributed by atoms with E-state index in [4.69, 9.17) is 0 Å². The molecule has 1 aromatic rings. The number of nitrogens with zero attached hydrogens (tertiary/aromatic N) is 2. The summed E-state index contributed by atoms with van der Waals surface area (Å²) < 4.78 is 0. The molecule has 0 aromatic carbocycles. The van der Waals surface area contributed by atoms with Crippen LogP contribution in [0.5, 0.6) is 0 Å². The molecule has 100 valence electrons. The van der Waals surface area contributed by atoms with E-state index in [0.717, 1.165) is 12.4 Å². The second kappa shape index (κ2) is 6.74. The van der Waals surface area contributed by atoms with Crippen LogP contribution in [-0.2, 0) is 6.54 Å². The van der Waals surface area contributed by atoms with Gasteiger partial charge in [0.25, 0.3) is 0 Å². The van der Waals surface area contributed by atoms with Crippen molar-refractivity contribution in [1.29, 1.82) is 0 Å². The number of nitrogens with one attached hydrogen (secondary N) is 1. The third kappa shape index (κ3) is 3.45. The largest absolute Gasteiger partial charge is 0.357 e. The Morgan fingerprint density at radius 3 is 2.67 bits per heavy atom. The van der Waals surface area contributed by atoms with Crippen LogP contribution in [0.15, 0.2) is 18.3 Å². The van der Waals surface area contributed by atoms with Gasteiger partial charge < -0.3 is 10.2 Å². The van der Waals surface area contributed by atoms with Gasteiger partial charge in [-0.3, -0.25) is 0 Å². The SMILES string of the molecule is CNCc1ccnc(N(C)C2CCCCCC2)c1. The molecule has 1 aromatic heterocycles. The van der Waals surface area contributed by atoms with Gasteiger partial charge in [0.2, 0.25) is 0 Å². The Morgan fingerprint density at radius 1 is 1.28 bits per heavy atom. The Balaban J connectivity index is 2.06. The van der Waals surface area contributed by atoms with Crippen LogP contribution in [0.2, 0.25) is 0 Å². The number of rotatable bonds is 4. The van der Waals surface area contributed by atoms with Crippen LogP contribution in [0.4, 0.5) is 5.82 Å². The van der Waals surface area contributed by atoms with Crippen LogP contribution < -0.4 is 10.2 Å². The summed E-state index contributed by atoms with van der Waals surface area (Å²) in [5.74, 6) is 1.12. The van der Waals surface area contributed by atoms with Gasteiger partial charge in [0, 0.05) is 25.8 Å². The van der Waals surface area contributed by atoms with Gasteiger partial charge in [0.05, 0.1) is 0 Å². The molecule has 1 N–H and O–H groups in total. The normalized spacial score (nSPS) is 17.4. The van der Waals surface area contributed by atoms with Gasteiger partial charge in [0.15, 0.2) is 0 Å². The predicted molar refractivity (Wildman–Crippen MR) is 76.9 cm³/mol. The van der Waals surface area contributed by atoms with E-state index in [1.807, 2.05) is 13.2 Å². The quantitative estimate of drug-likeness (QED) is 0.829. The first kappa shape index (κ1) is 13.3. The molecule has 2 rings (SSSR count). The summed E-state index contributed by atoms with van der Waals surface area (Å²) in [5.41, 5.74) is 1.31. The predicted octanol–water partition coefficient (Wildman–Crippen LogP) is 2.96. The Morgan fingerprint density at radius 2 is 2.00 bits per heavy atom. The molecule has 0 bridgehead atoms. The van der Waals surface area contributed by atoms with Crippen LogP contribution in [0.1, 0.15) is 44.1 Å². The van der Waals surface area contributed by atoms with Crippen LogP contribution in [-0.4, -0.2) is 25.1 Å². The number of pyridine rings is 1. The molecule has 3 heteroatoms. The average molecular weight is 247 g/mol. The van der Waals surface area contributed by atoms with E-state index >= 15 is 0 Å². The maximum absolute atomic E-state index is 4.53.